The van der Waals surface area contributed by atoms with Crippen LogP contribution >= 0.6 is 0 Å². The molecule has 0 bridgehead atoms. The highest BCUT2D eigenvalue weighted by Gasteiger charge is 2.52. The number of unbranched alkanes of at least 4 members (excludes halogenated alkanes) is 18. The fraction of sp³-hybridized carbons (Fsp3) is 0.833. The number of piperidine rings is 1. The van der Waals surface area contributed by atoms with E-state index in [0.717, 1.165) is 45.2 Å². The second-order valence-electron chi connectivity index (χ2n) is 16.9. The molecule has 3 aliphatic rings. The highest BCUT2D eigenvalue weighted by molar-refractivity contribution is 4.97. The van der Waals surface area contributed by atoms with Crippen LogP contribution in [0.2, 0.25) is 0 Å². The van der Waals surface area contributed by atoms with E-state index in [-0.39, 0.29) is 11.9 Å². The van der Waals surface area contributed by atoms with Crippen molar-refractivity contribution in [2.75, 3.05) is 20.1 Å². The minimum Gasteiger partial charge on any atom is -0.344 e. The Morgan fingerprint density at radius 2 is 0.902 bits per heavy atom. The molecule has 0 aromatic heterocycles. The average molecular weight is 708 g/mol. The first-order chi connectivity index (χ1) is 25.1. The van der Waals surface area contributed by atoms with Crippen molar-refractivity contribution in [1.29, 1.82) is 0 Å². The monoisotopic (exact) mass is 708 g/mol. The topological polar surface area (TPSA) is 21.7 Å². The van der Waals surface area contributed by atoms with Gasteiger partial charge in [-0.3, -0.25) is 0 Å². The Labute approximate surface area is 318 Å². The normalized spacial score (nSPS) is 25.9. The molecule has 3 fully saturated rings. The molecule has 294 valence electrons. The number of hydrogen-bond donors (Lipinski definition) is 0. The third-order valence-electron chi connectivity index (χ3n) is 12.3. The lowest BCUT2D eigenvalue weighted by molar-refractivity contribution is -0.208. The molecule has 51 heavy (non-hydrogen) atoms. The molecule has 2 aliphatic heterocycles. The molecule has 1 aliphatic carbocycles. The lowest BCUT2D eigenvalue weighted by Crippen LogP contribution is -2.43. The molecule has 2 saturated heterocycles. The number of likely N-dealkylation sites (N-methyl/N-ethyl adjacent to an activating group) is 1. The second kappa shape index (κ2) is 28.3. The van der Waals surface area contributed by atoms with Gasteiger partial charge in [-0.05, 0) is 109 Å². The molecular formula is C48H85NO2. The third-order valence-corrected chi connectivity index (χ3v) is 12.3. The standard InChI is InChI=1S/C48H85NO2/c1-4-6-8-10-12-14-16-18-20-22-24-26-28-30-32-34-37-47(39-41-48(42-40-47)50-45-36-43-49(3)44-46(45)51-48)38-35-33-31-29-27-25-23-21-19-17-15-13-11-9-7-5-2/h12-15,18-21,45-46H,4-11,16-17,22-44H2,1-3H3/t45-,46+,47?,48?/m1/s1. The number of nitrogens with zero attached hydrogens (tertiary/aromatic N) is 1. The molecule has 1 spiro atoms. The van der Waals surface area contributed by atoms with Crippen LogP contribution < -0.4 is 0 Å². The van der Waals surface area contributed by atoms with E-state index < -0.39 is 0 Å². The maximum atomic E-state index is 6.75. The first-order valence-electron chi connectivity index (χ1n) is 22.7. The van der Waals surface area contributed by atoms with Crippen LogP contribution in [0.3, 0.4) is 0 Å². The van der Waals surface area contributed by atoms with Gasteiger partial charge in [0.25, 0.3) is 0 Å². The SMILES string of the molecule is CCCCCC=CCC=CCCCCCCCCC1(CCCCCCCCC=CCC=CCCCCC)CCC2(CC1)O[C@H]1CN(C)CC[C@H]1O2. The highest BCUT2D eigenvalue weighted by Crippen LogP contribution is 2.52. The predicted molar refractivity (Wildman–Crippen MR) is 223 cm³/mol. The molecule has 1 saturated carbocycles. The van der Waals surface area contributed by atoms with Crippen LogP contribution in [0.25, 0.3) is 0 Å². The van der Waals surface area contributed by atoms with Crippen molar-refractivity contribution in [3.05, 3.63) is 48.6 Å². The summed E-state index contributed by atoms with van der Waals surface area (Å²) in [7, 11) is 2.23. The number of hydrogen-bond acceptors (Lipinski definition) is 3. The molecule has 3 nitrogen and oxygen atoms in total. The summed E-state index contributed by atoms with van der Waals surface area (Å²) < 4.78 is 13.5. The van der Waals surface area contributed by atoms with Gasteiger partial charge in [0.05, 0.1) is 12.2 Å². The van der Waals surface area contributed by atoms with Crippen LogP contribution in [0, 0.1) is 5.41 Å². The zero-order chi connectivity index (χ0) is 36.1. The minimum absolute atomic E-state index is 0.275. The van der Waals surface area contributed by atoms with Gasteiger partial charge in [-0.1, -0.05) is 152 Å². The van der Waals surface area contributed by atoms with Gasteiger partial charge < -0.3 is 14.4 Å². The molecule has 0 aromatic carbocycles. The summed E-state index contributed by atoms with van der Waals surface area (Å²) in [5.41, 5.74) is 0.521. The minimum atomic E-state index is -0.275. The van der Waals surface area contributed by atoms with Crippen LogP contribution in [-0.2, 0) is 9.47 Å². The van der Waals surface area contributed by atoms with Gasteiger partial charge in [-0.25, -0.2) is 0 Å². The van der Waals surface area contributed by atoms with Crippen molar-refractivity contribution >= 4 is 0 Å². The molecule has 0 aromatic rings. The summed E-state index contributed by atoms with van der Waals surface area (Å²) in [6.45, 7) is 6.74. The Kier molecular flexibility index (Phi) is 24.6. The molecule has 2 atom stereocenters. The van der Waals surface area contributed by atoms with E-state index in [4.69, 9.17) is 9.47 Å². The van der Waals surface area contributed by atoms with Crippen molar-refractivity contribution < 1.29 is 9.47 Å². The number of rotatable bonds is 30. The Morgan fingerprint density at radius 3 is 1.37 bits per heavy atom. The number of allylic oxidation sites excluding steroid dienone is 8. The van der Waals surface area contributed by atoms with E-state index in [1.54, 1.807) is 0 Å². The van der Waals surface area contributed by atoms with Gasteiger partial charge in [0, 0.05) is 25.9 Å². The molecule has 0 N–H and O–H groups in total. The second-order valence-corrected chi connectivity index (χ2v) is 16.9. The summed E-state index contributed by atoms with van der Waals surface area (Å²) in [6.07, 6.45) is 60.5. The van der Waals surface area contributed by atoms with E-state index in [1.807, 2.05) is 0 Å². The van der Waals surface area contributed by atoms with Crippen LogP contribution in [0.5, 0.6) is 0 Å². The number of likely N-dealkylation sites (tertiary alicyclic amines) is 1. The number of fused-ring (bicyclic) bond motifs is 1. The largest absolute Gasteiger partial charge is 0.344 e. The van der Waals surface area contributed by atoms with Crippen LogP contribution in [-0.4, -0.2) is 43.0 Å². The van der Waals surface area contributed by atoms with Crippen molar-refractivity contribution in [2.24, 2.45) is 5.41 Å². The molecule has 3 rings (SSSR count). The zero-order valence-corrected chi connectivity index (χ0v) is 34.4. The molecule has 3 heteroatoms. The van der Waals surface area contributed by atoms with Crippen LogP contribution in [0.15, 0.2) is 48.6 Å². The van der Waals surface area contributed by atoms with Gasteiger partial charge in [0.15, 0.2) is 5.79 Å². The molecule has 0 unspecified atom stereocenters. The van der Waals surface area contributed by atoms with Gasteiger partial charge in [-0.15, -0.1) is 0 Å². The quantitative estimate of drug-likeness (QED) is 0.0548. The van der Waals surface area contributed by atoms with E-state index in [9.17, 15) is 0 Å². The van der Waals surface area contributed by atoms with Crippen molar-refractivity contribution in [3.8, 4) is 0 Å². The summed E-state index contributed by atoms with van der Waals surface area (Å²) in [4.78, 5) is 2.42. The third kappa shape index (κ3) is 19.7. The number of ether oxygens (including phenoxy) is 2. The van der Waals surface area contributed by atoms with Crippen molar-refractivity contribution in [1.82, 2.24) is 4.90 Å². The predicted octanol–water partition coefficient (Wildman–Crippen LogP) is 14.8. The first kappa shape index (κ1) is 44.2. The highest BCUT2D eigenvalue weighted by atomic mass is 16.8. The van der Waals surface area contributed by atoms with Gasteiger partial charge in [-0.2, -0.15) is 0 Å². The first-order valence-corrected chi connectivity index (χ1v) is 22.7. The van der Waals surface area contributed by atoms with E-state index in [1.165, 1.54) is 167 Å². The molecular weight excluding hydrogens is 623 g/mol. The Balaban J connectivity index is 1.28. The van der Waals surface area contributed by atoms with E-state index in [2.05, 4.69) is 74.4 Å². The van der Waals surface area contributed by atoms with E-state index >= 15 is 0 Å². The Morgan fingerprint density at radius 1 is 0.490 bits per heavy atom. The van der Waals surface area contributed by atoms with Gasteiger partial charge >= 0.3 is 0 Å². The van der Waals surface area contributed by atoms with Crippen molar-refractivity contribution in [2.45, 2.75) is 231 Å². The Hall–Kier alpha value is -1.16. The van der Waals surface area contributed by atoms with E-state index in [0.29, 0.717) is 11.5 Å². The smallest absolute Gasteiger partial charge is 0.169 e. The van der Waals surface area contributed by atoms with Gasteiger partial charge in [0.1, 0.15) is 0 Å². The summed E-state index contributed by atoms with van der Waals surface area (Å²) >= 11 is 0. The summed E-state index contributed by atoms with van der Waals surface area (Å²) in [5.74, 6) is -0.275. The average Bonchev–Trinajstić information content (AvgIpc) is 3.49. The van der Waals surface area contributed by atoms with Crippen molar-refractivity contribution in [3.63, 3.8) is 0 Å². The van der Waals surface area contributed by atoms with Crippen LogP contribution in [0.4, 0.5) is 0 Å². The molecule has 0 radical (unpaired) electrons. The molecule has 2 heterocycles. The molecule has 0 amide bonds. The maximum absolute atomic E-state index is 6.75. The maximum Gasteiger partial charge on any atom is 0.169 e. The van der Waals surface area contributed by atoms with Crippen LogP contribution in [0.1, 0.15) is 213 Å². The fourth-order valence-electron chi connectivity index (χ4n) is 8.88. The zero-order valence-electron chi connectivity index (χ0n) is 34.4. The Bertz CT molecular complexity index is 891. The fourth-order valence-corrected chi connectivity index (χ4v) is 8.88. The summed E-state index contributed by atoms with van der Waals surface area (Å²) in [6, 6.07) is 0. The summed E-state index contributed by atoms with van der Waals surface area (Å²) in [5, 5.41) is 0. The lowest BCUT2D eigenvalue weighted by atomic mass is 9.66. The van der Waals surface area contributed by atoms with Gasteiger partial charge in [0.2, 0.25) is 0 Å². The lowest BCUT2D eigenvalue weighted by Gasteiger charge is -2.44.